The molecule has 2 aromatic rings. The van der Waals surface area contributed by atoms with Gasteiger partial charge in [0, 0.05) is 41.5 Å². The molecule has 0 radical (unpaired) electrons. The molecule has 0 amide bonds. The number of rotatable bonds is 6. The number of aromatic nitrogens is 4. The number of Topliss-reactive ketones (excluding diaryl/α,β-unsaturated/α-hetero) is 3. The number of carbonyl (C=O) groups is 3. The minimum Gasteiger partial charge on any atom is -0.393 e. The largest absolute Gasteiger partial charge is 0.393 e. The van der Waals surface area contributed by atoms with Gasteiger partial charge in [-0.25, -0.2) is 0 Å². The molecule has 382 valence electrons. The van der Waals surface area contributed by atoms with E-state index in [-0.39, 0.29) is 79.3 Å². The third-order valence-corrected chi connectivity index (χ3v) is 20.8. The van der Waals surface area contributed by atoms with E-state index in [2.05, 4.69) is 57.3 Å². The number of ketones is 3. The molecule has 0 spiro atoms. The molecule has 0 unspecified atom stereocenters. The van der Waals surface area contributed by atoms with E-state index in [0.717, 1.165) is 105 Å². The summed E-state index contributed by atoms with van der Waals surface area (Å²) in [6, 6.07) is 4.11. The summed E-state index contributed by atoms with van der Waals surface area (Å²) in [4.78, 5) is 40.4. The monoisotopic (exact) mass is 971 g/mol. The lowest BCUT2D eigenvalue weighted by Crippen LogP contribution is -2.59. The van der Waals surface area contributed by atoms with Crippen LogP contribution in [0.3, 0.4) is 0 Å². The van der Waals surface area contributed by atoms with Crippen molar-refractivity contribution in [2.45, 2.75) is 190 Å². The van der Waals surface area contributed by atoms with Crippen LogP contribution >= 0.6 is 8.58 Å². The number of aliphatic hydroxyl groups is 3. The van der Waals surface area contributed by atoms with E-state index >= 15 is 0 Å². The van der Waals surface area contributed by atoms with Crippen molar-refractivity contribution in [1.29, 1.82) is 10.5 Å². The number of nitrogens with zero attached hydrogens (tertiary/aromatic N) is 6. The average molecular weight is 971 g/mol. The minimum absolute atomic E-state index is 0. The molecule has 17 atom stereocenters. The summed E-state index contributed by atoms with van der Waals surface area (Å²) in [6.07, 6.45) is 20.6. The van der Waals surface area contributed by atoms with Gasteiger partial charge < -0.3 is 15.3 Å². The van der Waals surface area contributed by atoms with E-state index in [1.807, 2.05) is 19.9 Å². The Kier molecular flexibility index (Phi) is 16.2. The van der Waals surface area contributed by atoms with Crippen molar-refractivity contribution in [2.24, 2.45) is 80.8 Å². The highest BCUT2D eigenvalue weighted by Crippen LogP contribution is 2.69. The van der Waals surface area contributed by atoms with Crippen molar-refractivity contribution in [3.8, 4) is 12.1 Å². The number of hydrogen-bond donors (Lipinski definition) is 3. The average Bonchev–Trinajstić information content (AvgIpc) is 4.09. The standard InChI is InChI=1S/C26H37N3O3.C26H35N3O3.C2H7P.2CH4/c2*1-24(32)8-9-25(2)17(11-24)4-5-18-19-6-7-20(26(19,3)23(31)10-21(18)25)22(30)15-29-14-16(12-27)13-28-29;1-3-2;;/h13-14,17-21,23,31-32H,4-11,15H2,1-3H3;13-14,17-21,32H,4-11,15H2,1-3H3;3H,1-2H3;2*1H4/t17-,18-,19-,20+,21-,23+,24+,25-,26-;17-,18-,19-,20+,21-,24+,25-,26-;;;/m00.../s1. The molecule has 69 heavy (non-hydrogen) atoms. The smallest absolute Gasteiger partial charge is 0.158 e. The van der Waals surface area contributed by atoms with Crippen molar-refractivity contribution >= 4 is 25.9 Å². The molecule has 0 bridgehead atoms. The van der Waals surface area contributed by atoms with Crippen LogP contribution in [0.25, 0.3) is 0 Å². The predicted molar refractivity (Wildman–Crippen MR) is 271 cm³/mol. The molecular formula is C56H87N6O6P. The van der Waals surface area contributed by atoms with Crippen molar-refractivity contribution in [3.63, 3.8) is 0 Å². The van der Waals surface area contributed by atoms with Gasteiger partial charge in [-0.1, -0.05) is 42.5 Å². The Labute approximate surface area is 415 Å². The Bertz CT molecular complexity index is 2280. The van der Waals surface area contributed by atoms with E-state index < -0.39 is 22.7 Å². The van der Waals surface area contributed by atoms with Crippen LogP contribution < -0.4 is 0 Å². The summed E-state index contributed by atoms with van der Waals surface area (Å²) in [5.74, 6) is 3.63. The fourth-order valence-corrected chi connectivity index (χ4v) is 17.1. The molecule has 8 fully saturated rings. The molecule has 0 aliphatic heterocycles. The molecule has 3 N–H and O–H groups in total. The second kappa shape index (κ2) is 20.3. The van der Waals surface area contributed by atoms with Crippen LogP contribution in [0, 0.1) is 104 Å². The van der Waals surface area contributed by atoms with E-state index in [0.29, 0.717) is 59.0 Å². The van der Waals surface area contributed by atoms with Gasteiger partial charge >= 0.3 is 0 Å². The Morgan fingerprint density at radius 2 is 1.13 bits per heavy atom. The highest BCUT2D eigenvalue weighted by molar-refractivity contribution is 7.35. The molecule has 2 heterocycles. The zero-order valence-electron chi connectivity index (χ0n) is 41.6. The molecule has 2 aromatic heterocycles. The maximum absolute atomic E-state index is 13.7. The summed E-state index contributed by atoms with van der Waals surface area (Å²) in [5.41, 5.74) is -0.883. The van der Waals surface area contributed by atoms with E-state index in [1.165, 1.54) is 17.1 Å². The van der Waals surface area contributed by atoms with Gasteiger partial charge in [0.15, 0.2) is 11.6 Å². The van der Waals surface area contributed by atoms with Crippen LogP contribution in [0.15, 0.2) is 24.8 Å². The topological polar surface area (TPSA) is 195 Å². The Balaban J connectivity index is 0.000000209. The molecule has 8 aliphatic carbocycles. The van der Waals surface area contributed by atoms with Crippen LogP contribution in [0.2, 0.25) is 0 Å². The fraction of sp³-hybridized carbons (Fsp3) is 0.804. The quantitative estimate of drug-likeness (QED) is 0.235. The van der Waals surface area contributed by atoms with Gasteiger partial charge in [0.1, 0.15) is 17.9 Å². The Morgan fingerprint density at radius 3 is 1.62 bits per heavy atom. The second-order valence-corrected chi connectivity index (χ2v) is 25.5. The van der Waals surface area contributed by atoms with Gasteiger partial charge in [0.2, 0.25) is 0 Å². The lowest BCUT2D eigenvalue weighted by Gasteiger charge is -2.62. The van der Waals surface area contributed by atoms with Gasteiger partial charge in [-0.3, -0.25) is 23.7 Å². The number of carbonyl (C=O) groups excluding carboxylic acids is 3. The summed E-state index contributed by atoms with van der Waals surface area (Å²) in [5, 5.41) is 59.3. The van der Waals surface area contributed by atoms with Gasteiger partial charge in [-0.2, -0.15) is 20.7 Å². The molecule has 12 nitrogen and oxygen atoms in total. The van der Waals surface area contributed by atoms with Crippen LogP contribution in [-0.2, 0) is 27.5 Å². The first-order valence-corrected chi connectivity index (χ1v) is 27.7. The molecule has 0 aromatic carbocycles. The third-order valence-electron chi connectivity index (χ3n) is 20.8. The first kappa shape index (κ1) is 55.0. The lowest BCUT2D eigenvalue weighted by atomic mass is 9.43. The SMILES string of the molecule is C.C.CPC.C[C@@]1(O)CC[C@@]2(C)[C@@H](CC[C@@H]3[C@@H]2CC(=O)[C@]2(C)[C@@H](C(=O)Cn4cc(C#N)cn4)CC[C@@H]32)C1.C[C@@]1(O)CC[C@@]2(C)[C@@H](CC[C@@H]3[C@@H]2C[C@@H](O)[C@]2(C)[C@@H](C(=O)Cn4cc(C#N)cn4)CC[C@@H]32)C1. The third kappa shape index (κ3) is 9.62. The zero-order valence-corrected chi connectivity index (χ0v) is 42.6. The van der Waals surface area contributed by atoms with Crippen molar-refractivity contribution < 1.29 is 29.7 Å². The predicted octanol–water partition coefficient (Wildman–Crippen LogP) is 9.81. The molecule has 0 saturated heterocycles. The second-order valence-electron chi connectivity index (χ2n) is 24.5. The van der Waals surface area contributed by atoms with Crippen molar-refractivity contribution in [2.75, 3.05) is 13.3 Å². The molecule has 10 rings (SSSR count). The minimum atomic E-state index is -0.577. The number of hydrogen-bond acceptors (Lipinski definition) is 10. The lowest BCUT2D eigenvalue weighted by molar-refractivity contribution is -0.182. The Hall–Kier alpha value is -3.28. The van der Waals surface area contributed by atoms with Crippen molar-refractivity contribution in [3.05, 3.63) is 35.9 Å². The highest BCUT2D eigenvalue weighted by atomic mass is 31.1. The van der Waals surface area contributed by atoms with Crippen molar-refractivity contribution in [1.82, 2.24) is 19.6 Å². The van der Waals surface area contributed by atoms with Gasteiger partial charge in [0.25, 0.3) is 0 Å². The summed E-state index contributed by atoms with van der Waals surface area (Å²) in [7, 11) is 1.08. The Morgan fingerprint density at radius 1 is 0.681 bits per heavy atom. The number of fused-ring (bicyclic) bond motifs is 10. The first-order valence-electron chi connectivity index (χ1n) is 25.7. The maximum atomic E-state index is 13.7. The van der Waals surface area contributed by atoms with Gasteiger partial charge in [-0.05, 0) is 182 Å². The van der Waals surface area contributed by atoms with Crippen LogP contribution in [0.1, 0.15) is 170 Å². The summed E-state index contributed by atoms with van der Waals surface area (Å²) in [6.45, 7) is 17.6. The fourth-order valence-electron chi connectivity index (χ4n) is 17.1. The summed E-state index contributed by atoms with van der Waals surface area (Å²) >= 11 is 0. The zero-order chi connectivity index (χ0) is 48.5. The van der Waals surface area contributed by atoms with E-state index in [9.17, 15) is 29.7 Å². The molecular weight excluding hydrogens is 884 g/mol. The van der Waals surface area contributed by atoms with Gasteiger partial charge in [0.05, 0.1) is 53.9 Å². The van der Waals surface area contributed by atoms with Crippen LogP contribution in [0.5, 0.6) is 0 Å². The highest BCUT2D eigenvalue weighted by Gasteiger charge is 2.66. The summed E-state index contributed by atoms with van der Waals surface area (Å²) < 4.78 is 3.10. The van der Waals surface area contributed by atoms with E-state index in [4.69, 9.17) is 10.5 Å². The molecule has 13 heteroatoms. The maximum Gasteiger partial charge on any atom is 0.158 e. The van der Waals surface area contributed by atoms with Crippen LogP contribution in [0.4, 0.5) is 0 Å². The number of nitriles is 2. The van der Waals surface area contributed by atoms with E-state index in [1.54, 1.807) is 17.1 Å². The normalized spacial score (nSPS) is 43.5. The van der Waals surface area contributed by atoms with Crippen LogP contribution in [-0.4, -0.2) is 82.9 Å². The number of aliphatic hydroxyl groups excluding tert-OH is 1. The van der Waals surface area contributed by atoms with Gasteiger partial charge in [-0.15, -0.1) is 8.58 Å². The molecule has 8 saturated carbocycles. The first-order chi connectivity index (χ1) is 31.6. The molecule has 8 aliphatic rings.